The molecule has 6 heteroatoms. The van der Waals surface area contributed by atoms with Gasteiger partial charge in [0.25, 0.3) is 0 Å². The summed E-state index contributed by atoms with van der Waals surface area (Å²) in [4.78, 5) is 24.4. The number of hydrogen-bond acceptors (Lipinski definition) is 3. The Labute approximate surface area is 179 Å². The summed E-state index contributed by atoms with van der Waals surface area (Å²) >= 11 is 0. The Kier molecular flexibility index (Phi) is 5.23. The largest absolute Gasteiger partial charge is 0.497 e. The van der Waals surface area contributed by atoms with Crippen LogP contribution >= 0.6 is 0 Å². The number of rotatable bonds is 6. The molecule has 1 aliphatic rings. The fraction of sp³-hybridized carbons (Fsp3) is 0.200. The Morgan fingerprint density at radius 1 is 1.03 bits per heavy atom. The summed E-state index contributed by atoms with van der Waals surface area (Å²) in [7, 11) is 1.60. The average molecular weight is 419 g/mol. The van der Waals surface area contributed by atoms with Crippen molar-refractivity contribution < 1.29 is 23.8 Å². The number of anilines is 1. The van der Waals surface area contributed by atoms with Gasteiger partial charge in [-0.25, -0.2) is 9.18 Å². The lowest BCUT2D eigenvalue weighted by Gasteiger charge is -2.17. The lowest BCUT2D eigenvalue weighted by Crippen LogP contribution is -2.27. The zero-order valence-electron chi connectivity index (χ0n) is 17.2. The van der Waals surface area contributed by atoms with Gasteiger partial charge in [0.1, 0.15) is 11.6 Å². The van der Waals surface area contributed by atoms with E-state index in [-0.39, 0.29) is 11.5 Å². The summed E-state index contributed by atoms with van der Waals surface area (Å²) < 4.78 is 19.0. The number of methoxy groups -OCH3 is 1. The van der Waals surface area contributed by atoms with Gasteiger partial charge in [-0.15, -0.1) is 0 Å². The minimum absolute atomic E-state index is 0.0854. The molecule has 3 aromatic carbocycles. The third-order valence-corrected chi connectivity index (χ3v) is 5.83. The molecule has 0 aliphatic heterocycles. The molecule has 0 unspecified atom stereocenters. The summed E-state index contributed by atoms with van der Waals surface area (Å²) in [6, 6.07) is 17.0. The van der Waals surface area contributed by atoms with Gasteiger partial charge in [0.05, 0.1) is 18.1 Å². The number of carboxylic acid groups (broad SMARTS) is 1. The molecule has 1 amide bonds. The standard InChI is InChI=1S/C25H22FNO4/c1-15-3-7-18(14-20(15)16-4-10-22(26)21(13-16)23(28)29)27-24(30)25(11-12-25)17-5-8-19(31-2)9-6-17/h3-10,13-14H,11-12H2,1-2H3,(H,27,30)(H,28,29). The molecule has 4 rings (SSSR count). The van der Waals surface area contributed by atoms with Crippen LogP contribution in [0.1, 0.15) is 34.3 Å². The smallest absolute Gasteiger partial charge is 0.338 e. The lowest BCUT2D eigenvalue weighted by atomic mass is 9.94. The van der Waals surface area contributed by atoms with Gasteiger partial charge in [-0.2, -0.15) is 0 Å². The highest BCUT2D eigenvalue weighted by atomic mass is 19.1. The highest BCUT2D eigenvalue weighted by Gasteiger charge is 2.51. The summed E-state index contributed by atoms with van der Waals surface area (Å²) in [5, 5.41) is 12.2. The second kappa shape index (κ2) is 7.87. The van der Waals surface area contributed by atoms with Gasteiger partial charge in [-0.3, -0.25) is 4.79 Å². The highest BCUT2D eigenvalue weighted by molar-refractivity contribution is 6.02. The highest BCUT2D eigenvalue weighted by Crippen LogP contribution is 2.49. The predicted molar refractivity (Wildman–Crippen MR) is 116 cm³/mol. The first kappa shape index (κ1) is 20.6. The molecule has 158 valence electrons. The molecular formula is C25H22FNO4. The second-order valence-electron chi connectivity index (χ2n) is 7.79. The molecule has 3 aromatic rings. The van der Waals surface area contributed by atoms with E-state index in [1.54, 1.807) is 13.2 Å². The molecule has 31 heavy (non-hydrogen) atoms. The van der Waals surface area contributed by atoms with Crippen molar-refractivity contribution >= 4 is 17.6 Å². The maximum Gasteiger partial charge on any atom is 0.338 e. The van der Waals surface area contributed by atoms with Crippen LogP contribution in [-0.2, 0) is 10.2 Å². The first-order valence-electron chi connectivity index (χ1n) is 9.94. The monoisotopic (exact) mass is 419 g/mol. The van der Waals surface area contributed by atoms with E-state index in [0.717, 1.165) is 41.3 Å². The molecule has 0 bridgehead atoms. The van der Waals surface area contributed by atoms with Crippen LogP contribution < -0.4 is 10.1 Å². The number of aromatic carboxylic acids is 1. The molecule has 0 atom stereocenters. The van der Waals surface area contributed by atoms with Crippen LogP contribution in [0, 0.1) is 12.7 Å². The zero-order chi connectivity index (χ0) is 22.2. The Balaban J connectivity index is 1.61. The van der Waals surface area contributed by atoms with Crippen LogP contribution in [0.25, 0.3) is 11.1 Å². The molecule has 0 aromatic heterocycles. The summed E-state index contributed by atoms with van der Waals surface area (Å²) in [6.45, 7) is 1.88. The van der Waals surface area contributed by atoms with E-state index in [1.165, 1.54) is 12.1 Å². The third kappa shape index (κ3) is 3.89. The van der Waals surface area contributed by atoms with Crippen LogP contribution in [0.5, 0.6) is 5.75 Å². The van der Waals surface area contributed by atoms with E-state index >= 15 is 0 Å². The maximum atomic E-state index is 13.8. The van der Waals surface area contributed by atoms with Crippen LogP contribution in [0.3, 0.4) is 0 Å². The van der Waals surface area contributed by atoms with Crippen molar-refractivity contribution in [1.29, 1.82) is 0 Å². The van der Waals surface area contributed by atoms with Crippen molar-refractivity contribution in [3.63, 3.8) is 0 Å². The summed E-state index contributed by atoms with van der Waals surface area (Å²) in [5.74, 6) is -1.45. The van der Waals surface area contributed by atoms with E-state index in [4.69, 9.17) is 4.74 Å². The van der Waals surface area contributed by atoms with Gasteiger partial charge in [-0.1, -0.05) is 24.3 Å². The van der Waals surface area contributed by atoms with E-state index in [9.17, 15) is 19.1 Å². The summed E-state index contributed by atoms with van der Waals surface area (Å²) in [5.41, 5.74) is 2.80. The van der Waals surface area contributed by atoms with E-state index < -0.39 is 17.2 Å². The normalized spacial score (nSPS) is 14.0. The Morgan fingerprint density at radius 2 is 1.74 bits per heavy atom. The van der Waals surface area contributed by atoms with Gasteiger partial charge in [0, 0.05) is 5.69 Å². The minimum Gasteiger partial charge on any atom is -0.497 e. The Hall–Kier alpha value is -3.67. The van der Waals surface area contributed by atoms with Crippen molar-refractivity contribution in [3.8, 4) is 16.9 Å². The van der Waals surface area contributed by atoms with Crippen LogP contribution in [0.15, 0.2) is 60.7 Å². The van der Waals surface area contributed by atoms with Gasteiger partial charge < -0.3 is 15.2 Å². The van der Waals surface area contributed by atoms with Gasteiger partial charge >= 0.3 is 5.97 Å². The van der Waals surface area contributed by atoms with Crippen LogP contribution in [-0.4, -0.2) is 24.1 Å². The topological polar surface area (TPSA) is 75.6 Å². The van der Waals surface area contributed by atoms with Crippen molar-refractivity contribution in [2.45, 2.75) is 25.2 Å². The number of nitrogens with one attached hydrogen (secondary N) is 1. The Bertz CT molecular complexity index is 1170. The number of carbonyl (C=O) groups is 2. The number of carbonyl (C=O) groups excluding carboxylic acids is 1. The SMILES string of the molecule is COc1ccc(C2(C(=O)Nc3ccc(C)c(-c4ccc(F)c(C(=O)O)c4)c3)CC2)cc1. The number of aryl methyl sites for hydroxylation is 1. The molecule has 1 fully saturated rings. The molecule has 2 N–H and O–H groups in total. The average Bonchev–Trinajstić information content (AvgIpc) is 3.57. The van der Waals surface area contributed by atoms with Crippen molar-refractivity contribution in [2.75, 3.05) is 12.4 Å². The fourth-order valence-corrected chi connectivity index (χ4v) is 3.80. The van der Waals surface area contributed by atoms with Crippen LogP contribution in [0.2, 0.25) is 0 Å². The number of benzene rings is 3. The molecule has 0 radical (unpaired) electrons. The van der Waals surface area contributed by atoms with Crippen molar-refractivity contribution in [3.05, 3.63) is 83.2 Å². The van der Waals surface area contributed by atoms with E-state index in [0.29, 0.717) is 11.3 Å². The van der Waals surface area contributed by atoms with Gasteiger partial charge in [-0.05, 0) is 78.4 Å². The molecule has 0 spiro atoms. The van der Waals surface area contributed by atoms with E-state index in [1.807, 2.05) is 43.3 Å². The first-order chi connectivity index (χ1) is 14.8. The minimum atomic E-state index is -1.32. The fourth-order valence-electron chi connectivity index (χ4n) is 3.80. The number of ether oxygens (including phenoxy) is 1. The van der Waals surface area contributed by atoms with E-state index in [2.05, 4.69) is 5.32 Å². The molecule has 0 heterocycles. The molecule has 0 saturated heterocycles. The van der Waals surface area contributed by atoms with Gasteiger partial charge in [0.2, 0.25) is 5.91 Å². The van der Waals surface area contributed by atoms with Gasteiger partial charge in [0.15, 0.2) is 0 Å². The molecular weight excluding hydrogens is 397 g/mol. The van der Waals surface area contributed by atoms with Crippen molar-refractivity contribution in [1.82, 2.24) is 0 Å². The van der Waals surface area contributed by atoms with Crippen molar-refractivity contribution in [2.24, 2.45) is 0 Å². The molecule has 5 nitrogen and oxygen atoms in total. The molecule has 1 saturated carbocycles. The number of hydrogen-bond donors (Lipinski definition) is 2. The predicted octanol–water partition coefficient (Wildman–Crippen LogP) is 5.18. The Morgan fingerprint density at radius 3 is 2.35 bits per heavy atom. The summed E-state index contributed by atoms with van der Waals surface area (Å²) in [6.07, 6.45) is 1.54. The number of halogens is 1. The van der Waals surface area contributed by atoms with Crippen LogP contribution in [0.4, 0.5) is 10.1 Å². The third-order valence-electron chi connectivity index (χ3n) is 5.83. The molecule has 1 aliphatic carbocycles. The zero-order valence-corrected chi connectivity index (χ0v) is 17.2. The maximum absolute atomic E-state index is 13.8. The number of amides is 1. The second-order valence-corrected chi connectivity index (χ2v) is 7.79. The number of carboxylic acids is 1. The quantitative estimate of drug-likeness (QED) is 0.577. The lowest BCUT2D eigenvalue weighted by molar-refractivity contribution is -0.118. The first-order valence-corrected chi connectivity index (χ1v) is 9.94.